The van der Waals surface area contributed by atoms with E-state index in [-0.39, 0.29) is 6.61 Å². The molecule has 0 spiro atoms. The summed E-state index contributed by atoms with van der Waals surface area (Å²) in [6.45, 7) is 1.30. The van der Waals surface area contributed by atoms with Crippen molar-refractivity contribution in [3.63, 3.8) is 0 Å². The molecule has 1 aromatic rings. The van der Waals surface area contributed by atoms with Crippen LogP contribution in [-0.2, 0) is 14.3 Å². The zero-order valence-corrected chi connectivity index (χ0v) is 10.5. The number of benzene rings is 1. The summed E-state index contributed by atoms with van der Waals surface area (Å²) in [5.74, 6) is -0.620. The Balaban J connectivity index is 2.74. The molecule has 0 heterocycles. The van der Waals surface area contributed by atoms with Crippen molar-refractivity contribution in [2.45, 2.75) is 6.92 Å². The van der Waals surface area contributed by atoms with Crippen molar-refractivity contribution in [3.8, 4) is 0 Å². The number of hydrogen-bond donors (Lipinski definition) is 0. The SMILES string of the molecule is CCOC(=O)N(C[C]=O)C(=O)C=Cc1ccccc1. The van der Waals surface area contributed by atoms with Crippen LogP contribution in [0.25, 0.3) is 6.08 Å². The largest absolute Gasteiger partial charge is 0.449 e. The summed E-state index contributed by atoms with van der Waals surface area (Å²) < 4.78 is 4.68. The van der Waals surface area contributed by atoms with E-state index in [1.54, 1.807) is 13.0 Å². The summed E-state index contributed by atoms with van der Waals surface area (Å²) in [5, 5.41) is 0. The van der Waals surface area contributed by atoms with E-state index in [1.165, 1.54) is 12.4 Å². The molecule has 1 rings (SSSR count). The van der Waals surface area contributed by atoms with Gasteiger partial charge in [0.15, 0.2) is 0 Å². The lowest BCUT2D eigenvalue weighted by molar-refractivity contribution is -0.123. The molecule has 0 aromatic heterocycles. The predicted molar refractivity (Wildman–Crippen MR) is 69.9 cm³/mol. The highest BCUT2D eigenvalue weighted by Crippen LogP contribution is 2.03. The summed E-state index contributed by atoms with van der Waals surface area (Å²) >= 11 is 0. The van der Waals surface area contributed by atoms with E-state index in [4.69, 9.17) is 0 Å². The lowest BCUT2D eigenvalue weighted by Gasteiger charge is -2.14. The highest BCUT2D eigenvalue weighted by atomic mass is 16.6. The topological polar surface area (TPSA) is 63.7 Å². The van der Waals surface area contributed by atoms with E-state index < -0.39 is 18.5 Å². The molecule has 2 amide bonds. The van der Waals surface area contributed by atoms with E-state index in [0.717, 1.165) is 5.56 Å². The maximum Gasteiger partial charge on any atom is 0.417 e. The van der Waals surface area contributed by atoms with Gasteiger partial charge in [-0.3, -0.25) is 9.59 Å². The number of amides is 2. The van der Waals surface area contributed by atoms with Crippen LogP contribution in [0.4, 0.5) is 4.79 Å². The minimum Gasteiger partial charge on any atom is -0.449 e. The molecule has 0 bridgehead atoms. The highest BCUT2D eigenvalue weighted by Gasteiger charge is 2.20. The smallest absolute Gasteiger partial charge is 0.417 e. The molecule has 0 unspecified atom stereocenters. The minimum atomic E-state index is -0.853. The normalized spacial score (nSPS) is 10.2. The number of nitrogens with zero attached hydrogens (tertiary/aromatic N) is 1. The van der Waals surface area contributed by atoms with Gasteiger partial charge in [-0.25, -0.2) is 9.69 Å². The van der Waals surface area contributed by atoms with Crippen molar-refractivity contribution < 1.29 is 19.1 Å². The molecule has 1 aromatic carbocycles. The molecule has 0 atom stereocenters. The van der Waals surface area contributed by atoms with E-state index in [2.05, 4.69) is 4.74 Å². The van der Waals surface area contributed by atoms with Crippen LogP contribution in [0.3, 0.4) is 0 Å². The van der Waals surface area contributed by atoms with Crippen molar-refractivity contribution in [3.05, 3.63) is 42.0 Å². The molecular weight excluding hydrogens is 246 g/mol. The molecule has 0 N–H and O–H groups in total. The van der Waals surface area contributed by atoms with Gasteiger partial charge >= 0.3 is 6.09 Å². The van der Waals surface area contributed by atoms with Gasteiger partial charge in [0.2, 0.25) is 6.29 Å². The molecule has 5 heteroatoms. The van der Waals surface area contributed by atoms with Crippen LogP contribution in [0.5, 0.6) is 0 Å². The van der Waals surface area contributed by atoms with Gasteiger partial charge in [0.25, 0.3) is 5.91 Å². The molecule has 19 heavy (non-hydrogen) atoms. The fraction of sp³-hybridized carbons (Fsp3) is 0.214. The van der Waals surface area contributed by atoms with Crippen LogP contribution in [0, 0.1) is 0 Å². The lowest BCUT2D eigenvalue weighted by Crippen LogP contribution is -2.37. The second-order valence-corrected chi connectivity index (χ2v) is 3.51. The average Bonchev–Trinajstić information content (AvgIpc) is 2.43. The van der Waals surface area contributed by atoms with Crippen LogP contribution in [0.1, 0.15) is 12.5 Å². The summed E-state index contributed by atoms with van der Waals surface area (Å²) in [5.41, 5.74) is 0.815. The lowest BCUT2D eigenvalue weighted by atomic mass is 10.2. The molecule has 0 saturated carbocycles. The van der Waals surface area contributed by atoms with Crippen LogP contribution in [0.15, 0.2) is 36.4 Å². The van der Waals surface area contributed by atoms with Crippen molar-refractivity contribution in [2.75, 3.05) is 13.2 Å². The Bertz CT molecular complexity index is 468. The first-order chi connectivity index (χ1) is 9.19. The molecule has 0 aliphatic heterocycles. The first-order valence-corrected chi connectivity index (χ1v) is 5.75. The number of rotatable bonds is 5. The fourth-order valence-corrected chi connectivity index (χ4v) is 1.32. The minimum absolute atomic E-state index is 0.129. The molecular formula is C14H14NO4. The monoisotopic (exact) mass is 260 g/mol. The molecule has 0 saturated heterocycles. The van der Waals surface area contributed by atoms with E-state index in [0.29, 0.717) is 4.90 Å². The molecule has 1 radical (unpaired) electrons. The third-order valence-electron chi connectivity index (χ3n) is 2.19. The van der Waals surface area contributed by atoms with Crippen LogP contribution in [-0.4, -0.2) is 36.3 Å². The molecule has 5 nitrogen and oxygen atoms in total. The van der Waals surface area contributed by atoms with Crippen LogP contribution in [0.2, 0.25) is 0 Å². The van der Waals surface area contributed by atoms with E-state index >= 15 is 0 Å². The zero-order valence-electron chi connectivity index (χ0n) is 10.5. The molecule has 0 fully saturated rings. The fourth-order valence-electron chi connectivity index (χ4n) is 1.32. The van der Waals surface area contributed by atoms with Gasteiger partial charge in [-0.1, -0.05) is 30.3 Å². The number of ether oxygens (including phenoxy) is 1. The Morgan fingerprint density at radius 2 is 2.00 bits per heavy atom. The van der Waals surface area contributed by atoms with Crippen molar-refractivity contribution in [1.29, 1.82) is 0 Å². The number of imide groups is 1. The van der Waals surface area contributed by atoms with Gasteiger partial charge < -0.3 is 4.74 Å². The van der Waals surface area contributed by atoms with Gasteiger partial charge in [-0.2, -0.15) is 0 Å². The maximum absolute atomic E-state index is 11.8. The standard InChI is InChI=1S/C14H14NO4/c1-2-19-14(18)15(10-11-16)13(17)9-8-12-6-4-3-5-7-12/h3-9H,2,10H2,1H3. The van der Waals surface area contributed by atoms with Crippen molar-refractivity contribution >= 4 is 24.4 Å². The van der Waals surface area contributed by atoms with Crippen LogP contribution >= 0.6 is 0 Å². The number of hydrogen-bond acceptors (Lipinski definition) is 4. The third-order valence-corrected chi connectivity index (χ3v) is 2.19. The quantitative estimate of drug-likeness (QED) is 0.757. The zero-order chi connectivity index (χ0) is 14.1. The number of carbonyl (C=O) groups is 2. The Morgan fingerprint density at radius 3 is 2.58 bits per heavy atom. The summed E-state index contributed by atoms with van der Waals surface area (Å²) in [6.07, 6.45) is 3.42. The summed E-state index contributed by atoms with van der Waals surface area (Å²) in [4.78, 5) is 34.3. The van der Waals surface area contributed by atoms with Gasteiger partial charge in [0.1, 0.15) is 0 Å². The first-order valence-electron chi connectivity index (χ1n) is 5.75. The predicted octanol–water partition coefficient (Wildman–Crippen LogP) is 1.79. The summed E-state index contributed by atoms with van der Waals surface area (Å²) in [6, 6.07) is 9.12. The highest BCUT2D eigenvalue weighted by molar-refractivity contribution is 6.02. The Kier molecular flexibility index (Phi) is 6.02. The Labute approximate surface area is 111 Å². The molecule has 0 aliphatic carbocycles. The maximum atomic E-state index is 11.8. The van der Waals surface area contributed by atoms with Gasteiger partial charge in [-0.05, 0) is 18.6 Å². The van der Waals surface area contributed by atoms with E-state index in [1.807, 2.05) is 30.3 Å². The van der Waals surface area contributed by atoms with Gasteiger partial charge in [0, 0.05) is 6.08 Å². The van der Waals surface area contributed by atoms with Gasteiger partial charge in [0.05, 0.1) is 13.2 Å². The second-order valence-electron chi connectivity index (χ2n) is 3.51. The van der Waals surface area contributed by atoms with Gasteiger partial charge in [-0.15, -0.1) is 0 Å². The summed E-state index contributed by atoms with van der Waals surface area (Å²) in [7, 11) is 0. The third kappa shape index (κ3) is 4.75. The van der Waals surface area contributed by atoms with Crippen molar-refractivity contribution in [2.24, 2.45) is 0 Å². The van der Waals surface area contributed by atoms with E-state index in [9.17, 15) is 14.4 Å². The van der Waals surface area contributed by atoms with Crippen LogP contribution < -0.4 is 0 Å². The molecule has 99 valence electrons. The second kappa shape index (κ2) is 7.81. The van der Waals surface area contributed by atoms with Crippen molar-refractivity contribution in [1.82, 2.24) is 4.90 Å². The average molecular weight is 260 g/mol. The Morgan fingerprint density at radius 1 is 1.32 bits per heavy atom. The Hall–Kier alpha value is -2.43. The number of carbonyl (C=O) groups excluding carboxylic acids is 3. The first kappa shape index (κ1) is 14.6. The molecule has 0 aliphatic rings.